The predicted octanol–water partition coefficient (Wildman–Crippen LogP) is 4.27. The van der Waals surface area contributed by atoms with Crippen molar-refractivity contribution in [2.75, 3.05) is 0 Å². The third-order valence-electron chi connectivity index (χ3n) is 3.55. The van der Waals surface area contributed by atoms with Gasteiger partial charge in [0.05, 0.1) is 12.5 Å². The number of hydrogen-bond donors (Lipinski definition) is 0. The van der Waals surface area contributed by atoms with E-state index < -0.39 is 35.3 Å². The summed E-state index contributed by atoms with van der Waals surface area (Å²) in [6.45, 7) is 4.52. The van der Waals surface area contributed by atoms with Crippen LogP contribution < -0.4 is 0 Å². The second-order valence-corrected chi connectivity index (χ2v) is 7.13. The van der Waals surface area contributed by atoms with Crippen molar-refractivity contribution in [1.29, 1.82) is 0 Å². The monoisotopic (exact) mass is 401 g/mol. The number of alkyl halides is 3. The van der Waals surface area contributed by atoms with Crippen LogP contribution in [-0.2, 0) is 22.3 Å². The molecule has 2 heterocycles. The summed E-state index contributed by atoms with van der Waals surface area (Å²) in [5, 5.41) is 0. The van der Waals surface area contributed by atoms with Gasteiger partial charge in [0, 0.05) is 18.8 Å². The fourth-order valence-electron chi connectivity index (χ4n) is 2.30. The van der Waals surface area contributed by atoms with Gasteiger partial charge in [0.1, 0.15) is 23.4 Å². The molecule has 0 aromatic carbocycles. The molecular weight excluding hydrogens is 382 g/mol. The molecule has 6 nitrogen and oxygen atoms in total. The van der Waals surface area contributed by atoms with Crippen molar-refractivity contribution in [3.8, 4) is 0 Å². The average Bonchev–Trinajstić information content (AvgIpc) is 2.58. The molecule has 1 amide bonds. The maximum Gasteiger partial charge on any atom is 0.433 e. The van der Waals surface area contributed by atoms with E-state index in [1.54, 1.807) is 20.8 Å². The maximum atomic E-state index is 14.4. The van der Waals surface area contributed by atoms with Crippen LogP contribution in [0.25, 0.3) is 0 Å². The Morgan fingerprint density at radius 1 is 1.32 bits per heavy atom. The maximum absolute atomic E-state index is 14.4. The van der Waals surface area contributed by atoms with Crippen molar-refractivity contribution in [3.63, 3.8) is 0 Å². The molecule has 1 unspecified atom stereocenters. The molecule has 2 rings (SSSR count). The summed E-state index contributed by atoms with van der Waals surface area (Å²) >= 11 is 0. The van der Waals surface area contributed by atoms with E-state index in [1.807, 2.05) is 0 Å². The minimum atomic E-state index is -4.60. The van der Waals surface area contributed by atoms with Gasteiger partial charge in [-0.05, 0) is 32.4 Å². The van der Waals surface area contributed by atoms with Crippen LogP contribution in [0.1, 0.15) is 38.4 Å². The first-order valence-corrected chi connectivity index (χ1v) is 8.31. The summed E-state index contributed by atoms with van der Waals surface area (Å²) in [4.78, 5) is 31.4. The van der Waals surface area contributed by atoms with Gasteiger partial charge in [-0.25, -0.2) is 14.2 Å². The number of aromatic nitrogens is 1. The molecule has 0 bridgehead atoms. The highest BCUT2D eigenvalue weighted by molar-refractivity contribution is 5.83. The number of pyridine rings is 1. The highest BCUT2D eigenvalue weighted by Gasteiger charge is 2.33. The van der Waals surface area contributed by atoms with Gasteiger partial charge in [0.25, 0.3) is 0 Å². The Bertz CT molecular complexity index is 796. The van der Waals surface area contributed by atoms with Gasteiger partial charge in [-0.15, -0.1) is 0 Å². The molecule has 0 saturated heterocycles. The lowest BCUT2D eigenvalue weighted by Gasteiger charge is -2.29. The molecule has 0 spiro atoms. The second kappa shape index (κ2) is 8.07. The Morgan fingerprint density at radius 3 is 2.46 bits per heavy atom. The van der Waals surface area contributed by atoms with Crippen LogP contribution in [0.4, 0.5) is 22.4 Å². The highest BCUT2D eigenvalue weighted by Crippen LogP contribution is 2.29. The van der Waals surface area contributed by atoms with Gasteiger partial charge in [-0.3, -0.25) is 9.88 Å². The lowest BCUT2D eigenvalue weighted by Crippen LogP contribution is -2.36. The Hall–Kier alpha value is -2.78. The smallest absolute Gasteiger partial charge is 0.433 e. The summed E-state index contributed by atoms with van der Waals surface area (Å²) in [6.07, 6.45) is -3.13. The first-order chi connectivity index (χ1) is 12.9. The second-order valence-electron chi connectivity index (χ2n) is 7.13. The molecule has 0 aliphatic carbocycles. The fourth-order valence-corrected chi connectivity index (χ4v) is 2.30. The summed E-state index contributed by atoms with van der Waals surface area (Å²) in [7, 11) is 0. The Labute approximate surface area is 158 Å². The molecule has 0 N–H and O–H groups in total. The Kier molecular flexibility index (Phi) is 6.20. The number of amides is 1. The standard InChI is InChI=1S/C18H19F4N3O3/c1-17(2,3)28-16(27)25(15-13(19)6-12(10-26)8-24-15)9-11-4-5-14(23-7-11)18(20,21)22/h4-5,7-8,10,12H,6,9H2,1-3H3. The molecular formula is C18H19F4N3O3. The largest absolute Gasteiger partial charge is 0.443 e. The van der Waals surface area contributed by atoms with Crippen LogP contribution in [0.15, 0.2) is 35.0 Å². The normalized spacial score (nSPS) is 17.5. The van der Waals surface area contributed by atoms with Crippen LogP contribution in [0.3, 0.4) is 0 Å². The molecule has 0 radical (unpaired) electrons. The number of nitrogens with zero attached hydrogens (tertiary/aromatic N) is 3. The molecule has 1 atom stereocenters. The quantitative estimate of drug-likeness (QED) is 0.558. The number of carbonyl (C=O) groups excluding carboxylic acids is 2. The molecule has 1 aromatic heterocycles. The first-order valence-electron chi connectivity index (χ1n) is 8.31. The van der Waals surface area contributed by atoms with Crippen LogP contribution in [0.2, 0.25) is 0 Å². The third-order valence-corrected chi connectivity index (χ3v) is 3.55. The zero-order chi connectivity index (χ0) is 21.1. The zero-order valence-electron chi connectivity index (χ0n) is 15.5. The van der Waals surface area contributed by atoms with Gasteiger partial charge < -0.3 is 9.53 Å². The molecule has 152 valence electrons. The van der Waals surface area contributed by atoms with E-state index in [1.165, 1.54) is 6.21 Å². The van der Waals surface area contributed by atoms with E-state index in [2.05, 4.69) is 9.98 Å². The predicted molar refractivity (Wildman–Crippen MR) is 91.8 cm³/mol. The molecule has 1 aliphatic rings. The molecule has 1 aromatic rings. The lowest BCUT2D eigenvalue weighted by atomic mass is 10.1. The summed E-state index contributed by atoms with van der Waals surface area (Å²) in [5.74, 6) is -1.91. The van der Waals surface area contributed by atoms with Crippen molar-refractivity contribution in [3.05, 3.63) is 41.2 Å². The molecule has 10 heteroatoms. The van der Waals surface area contributed by atoms with E-state index >= 15 is 0 Å². The van der Waals surface area contributed by atoms with Crippen molar-refractivity contribution in [1.82, 2.24) is 9.88 Å². The van der Waals surface area contributed by atoms with Crippen molar-refractivity contribution < 1.29 is 31.9 Å². The number of rotatable bonds is 4. The number of allylic oxidation sites excluding steroid dienone is 1. The van der Waals surface area contributed by atoms with Crippen LogP contribution in [0.5, 0.6) is 0 Å². The SMILES string of the molecule is CC(C)(C)OC(=O)N(Cc1ccc(C(F)(F)F)nc1)C1=C(F)CC(C=O)C=N1. The minimum Gasteiger partial charge on any atom is -0.443 e. The number of halogens is 4. The van der Waals surface area contributed by atoms with Crippen LogP contribution in [-0.4, -0.2) is 34.1 Å². The topological polar surface area (TPSA) is 71.9 Å². The Morgan fingerprint density at radius 2 is 2.00 bits per heavy atom. The average molecular weight is 401 g/mol. The molecule has 1 aliphatic heterocycles. The van der Waals surface area contributed by atoms with Gasteiger partial charge >= 0.3 is 12.3 Å². The Balaban J connectivity index is 2.33. The third kappa shape index (κ3) is 5.61. The van der Waals surface area contributed by atoms with E-state index in [0.717, 1.165) is 23.2 Å². The van der Waals surface area contributed by atoms with E-state index in [9.17, 15) is 27.2 Å². The number of aliphatic imine (C=N–C) groups is 1. The van der Waals surface area contributed by atoms with E-state index in [-0.39, 0.29) is 24.4 Å². The number of ether oxygens (including phenoxy) is 1. The molecule has 28 heavy (non-hydrogen) atoms. The molecule has 0 saturated carbocycles. The minimum absolute atomic E-state index is 0.215. The summed E-state index contributed by atoms with van der Waals surface area (Å²) < 4.78 is 57.7. The fraction of sp³-hybridized carbons (Fsp3) is 0.444. The van der Waals surface area contributed by atoms with Crippen molar-refractivity contribution in [2.45, 2.75) is 45.5 Å². The van der Waals surface area contributed by atoms with Gasteiger partial charge in [-0.1, -0.05) is 6.07 Å². The van der Waals surface area contributed by atoms with Gasteiger partial charge in [0.2, 0.25) is 0 Å². The number of carbonyl (C=O) groups is 2. The van der Waals surface area contributed by atoms with E-state index in [4.69, 9.17) is 4.74 Å². The van der Waals surface area contributed by atoms with Crippen molar-refractivity contribution >= 4 is 18.6 Å². The first kappa shape index (κ1) is 21.5. The highest BCUT2D eigenvalue weighted by atomic mass is 19.4. The summed E-state index contributed by atoms with van der Waals surface area (Å²) in [6, 6.07) is 1.90. The number of aldehydes is 1. The van der Waals surface area contributed by atoms with Crippen LogP contribution >= 0.6 is 0 Å². The molecule has 0 fully saturated rings. The van der Waals surface area contributed by atoms with Crippen LogP contribution in [0, 0.1) is 5.92 Å². The van der Waals surface area contributed by atoms with Crippen molar-refractivity contribution in [2.24, 2.45) is 10.9 Å². The lowest BCUT2D eigenvalue weighted by molar-refractivity contribution is -0.141. The summed E-state index contributed by atoms with van der Waals surface area (Å²) in [5.41, 5.74) is -1.77. The number of hydrogen-bond acceptors (Lipinski definition) is 5. The van der Waals surface area contributed by atoms with E-state index in [0.29, 0.717) is 6.29 Å². The zero-order valence-corrected chi connectivity index (χ0v) is 15.5. The van der Waals surface area contributed by atoms with Gasteiger partial charge in [-0.2, -0.15) is 13.2 Å². The van der Waals surface area contributed by atoms with Gasteiger partial charge in [0.15, 0.2) is 5.82 Å².